The van der Waals surface area contributed by atoms with Crippen molar-refractivity contribution < 1.29 is 28.2 Å². The maximum atomic E-state index is 12.3. The lowest BCUT2D eigenvalue weighted by atomic mass is 9.91. The second kappa shape index (κ2) is 5.21. The fourth-order valence-corrected chi connectivity index (χ4v) is 2.16. The zero-order chi connectivity index (χ0) is 14.0. The van der Waals surface area contributed by atoms with Gasteiger partial charge in [0.05, 0.1) is 0 Å². The normalized spacial score (nSPS) is 22.4. The molecule has 19 heavy (non-hydrogen) atoms. The maximum absolute atomic E-state index is 12.3. The van der Waals surface area contributed by atoms with E-state index in [2.05, 4.69) is 10.1 Å². The molecule has 1 heterocycles. The van der Waals surface area contributed by atoms with E-state index in [1.54, 1.807) is 6.07 Å². The number of carbonyl (C=O) groups is 2. The zero-order valence-electron chi connectivity index (χ0n) is 9.68. The quantitative estimate of drug-likeness (QED) is 0.866. The molecule has 1 amide bonds. The Morgan fingerprint density at radius 3 is 2.74 bits per heavy atom. The second-order valence-corrected chi connectivity index (χ2v) is 4.11. The van der Waals surface area contributed by atoms with Crippen molar-refractivity contribution in [2.45, 2.75) is 25.0 Å². The van der Waals surface area contributed by atoms with Gasteiger partial charge in [-0.25, -0.2) is 4.79 Å². The van der Waals surface area contributed by atoms with E-state index in [1.807, 2.05) is 0 Å². The summed E-state index contributed by atoms with van der Waals surface area (Å²) in [5.74, 6) is -2.46. The van der Waals surface area contributed by atoms with Crippen LogP contribution in [0.25, 0.3) is 0 Å². The van der Waals surface area contributed by atoms with Crippen LogP contribution in [-0.4, -0.2) is 29.6 Å². The third-order valence-electron chi connectivity index (χ3n) is 2.92. The lowest BCUT2D eigenvalue weighted by Crippen LogP contribution is -2.36. The number of hydrogen-bond donors (Lipinski definition) is 2. The number of ether oxygens (including phenoxy) is 1. The molecule has 2 rings (SSSR count). The predicted molar refractivity (Wildman–Crippen MR) is 60.0 cm³/mol. The lowest BCUT2D eigenvalue weighted by Gasteiger charge is -2.18. The molecule has 0 aliphatic carbocycles. The van der Waals surface area contributed by atoms with Crippen LogP contribution in [0.3, 0.4) is 0 Å². The summed E-state index contributed by atoms with van der Waals surface area (Å²) in [7, 11) is 0. The summed E-state index contributed by atoms with van der Waals surface area (Å²) in [5.41, 5.74) is 0.286. The number of halogens is 2. The summed E-state index contributed by atoms with van der Waals surface area (Å²) < 4.78 is 29.0. The minimum Gasteiger partial charge on any atom is -0.480 e. The van der Waals surface area contributed by atoms with Crippen LogP contribution in [0.1, 0.15) is 17.9 Å². The van der Waals surface area contributed by atoms with E-state index in [0.29, 0.717) is 0 Å². The van der Waals surface area contributed by atoms with Crippen LogP contribution in [0.4, 0.5) is 8.78 Å². The first-order valence-corrected chi connectivity index (χ1v) is 5.55. The number of nitrogens with one attached hydrogen (secondary N) is 1. The molecular weight excluding hydrogens is 260 g/mol. The van der Waals surface area contributed by atoms with Crippen LogP contribution in [0.15, 0.2) is 24.3 Å². The number of amides is 1. The van der Waals surface area contributed by atoms with Gasteiger partial charge in [0.15, 0.2) is 0 Å². The topological polar surface area (TPSA) is 75.6 Å². The van der Waals surface area contributed by atoms with Gasteiger partial charge in [0, 0.05) is 17.9 Å². The van der Waals surface area contributed by atoms with Gasteiger partial charge in [0.1, 0.15) is 11.8 Å². The molecule has 2 atom stereocenters. The van der Waals surface area contributed by atoms with E-state index < -0.39 is 30.4 Å². The van der Waals surface area contributed by atoms with Crippen LogP contribution in [0, 0.1) is 0 Å². The molecule has 0 radical (unpaired) electrons. The third-order valence-corrected chi connectivity index (χ3v) is 2.92. The Bertz CT molecular complexity index is 506. The number of para-hydroxylation sites is 1. The molecule has 7 heteroatoms. The van der Waals surface area contributed by atoms with Crippen LogP contribution < -0.4 is 10.1 Å². The number of carbonyl (C=O) groups excluding carboxylic acids is 1. The monoisotopic (exact) mass is 271 g/mol. The van der Waals surface area contributed by atoms with Crippen LogP contribution in [0.5, 0.6) is 5.75 Å². The highest BCUT2D eigenvalue weighted by Crippen LogP contribution is 2.35. The van der Waals surface area contributed by atoms with Crippen molar-refractivity contribution in [1.82, 2.24) is 5.32 Å². The van der Waals surface area contributed by atoms with E-state index in [1.165, 1.54) is 18.2 Å². The maximum Gasteiger partial charge on any atom is 0.387 e. The summed E-state index contributed by atoms with van der Waals surface area (Å²) in [6.07, 6.45) is -0.0689. The highest BCUT2D eigenvalue weighted by molar-refractivity contribution is 5.89. The summed E-state index contributed by atoms with van der Waals surface area (Å²) in [6, 6.07) is 4.76. The minimum absolute atomic E-state index is 0.0689. The first kappa shape index (κ1) is 13.3. The van der Waals surface area contributed by atoms with E-state index >= 15 is 0 Å². The van der Waals surface area contributed by atoms with Crippen molar-refractivity contribution in [3.63, 3.8) is 0 Å². The molecule has 102 valence electrons. The number of aliphatic carboxylic acids is 1. The molecule has 1 aromatic rings. The van der Waals surface area contributed by atoms with Crippen molar-refractivity contribution in [3.05, 3.63) is 29.8 Å². The van der Waals surface area contributed by atoms with Gasteiger partial charge in [-0.3, -0.25) is 4.79 Å². The Hall–Kier alpha value is -2.18. The summed E-state index contributed by atoms with van der Waals surface area (Å²) in [5, 5.41) is 11.3. The largest absolute Gasteiger partial charge is 0.480 e. The predicted octanol–water partition coefficient (Wildman–Crippen LogP) is 1.34. The Balaban J connectivity index is 2.35. The van der Waals surface area contributed by atoms with E-state index in [9.17, 15) is 18.4 Å². The van der Waals surface area contributed by atoms with E-state index in [-0.39, 0.29) is 17.7 Å². The summed E-state index contributed by atoms with van der Waals surface area (Å²) >= 11 is 0. The Labute approximate surface area is 107 Å². The fraction of sp³-hybridized carbons (Fsp3) is 0.333. The van der Waals surface area contributed by atoms with E-state index in [0.717, 1.165) is 0 Å². The Kier molecular flexibility index (Phi) is 3.64. The Morgan fingerprint density at radius 1 is 1.42 bits per heavy atom. The van der Waals surface area contributed by atoms with Gasteiger partial charge >= 0.3 is 12.6 Å². The average Bonchev–Trinajstić information content (AvgIpc) is 2.71. The fourth-order valence-electron chi connectivity index (χ4n) is 2.16. The van der Waals surface area contributed by atoms with Crippen LogP contribution in [-0.2, 0) is 9.59 Å². The summed E-state index contributed by atoms with van der Waals surface area (Å²) in [4.78, 5) is 22.4. The van der Waals surface area contributed by atoms with Crippen LogP contribution in [0.2, 0.25) is 0 Å². The molecule has 0 bridgehead atoms. The van der Waals surface area contributed by atoms with Crippen LogP contribution >= 0.6 is 0 Å². The summed E-state index contributed by atoms with van der Waals surface area (Å²) in [6.45, 7) is -3.01. The minimum atomic E-state index is -3.01. The van der Waals surface area contributed by atoms with Crippen molar-refractivity contribution in [2.75, 3.05) is 0 Å². The van der Waals surface area contributed by atoms with Gasteiger partial charge in [0.2, 0.25) is 5.91 Å². The smallest absolute Gasteiger partial charge is 0.387 e. The van der Waals surface area contributed by atoms with E-state index in [4.69, 9.17) is 5.11 Å². The van der Waals surface area contributed by atoms with Crippen molar-refractivity contribution in [3.8, 4) is 5.75 Å². The standard InChI is InChI=1S/C12H11F2NO4/c13-12(14)19-8-4-2-1-3-6(8)7-5-9(16)15-10(7)11(17)18/h1-4,7,10,12H,5H2,(H,15,16)(H,17,18). The molecule has 1 aliphatic rings. The molecule has 0 saturated carbocycles. The molecule has 1 aliphatic heterocycles. The molecule has 2 unspecified atom stereocenters. The van der Waals surface area contributed by atoms with Crippen molar-refractivity contribution in [1.29, 1.82) is 0 Å². The molecule has 1 aromatic carbocycles. The molecule has 0 aromatic heterocycles. The van der Waals surface area contributed by atoms with Gasteiger partial charge in [-0.05, 0) is 6.07 Å². The number of hydrogen-bond acceptors (Lipinski definition) is 3. The van der Waals surface area contributed by atoms with Crippen molar-refractivity contribution in [2.24, 2.45) is 0 Å². The van der Waals surface area contributed by atoms with Gasteiger partial charge in [-0.15, -0.1) is 0 Å². The number of carboxylic acids is 1. The molecule has 5 nitrogen and oxygen atoms in total. The average molecular weight is 271 g/mol. The third kappa shape index (κ3) is 2.81. The Morgan fingerprint density at radius 2 is 2.11 bits per heavy atom. The molecular formula is C12H11F2NO4. The van der Waals surface area contributed by atoms with Crippen molar-refractivity contribution >= 4 is 11.9 Å². The number of carboxylic acid groups (broad SMARTS) is 1. The highest BCUT2D eigenvalue weighted by Gasteiger charge is 2.39. The number of benzene rings is 1. The molecule has 0 spiro atoms. The number of alkyl halides is 2. The van der Waals surface area contributed by atoms with Gasteiger partial charge < -0.3 is 15.2 Å². The molecule has 1 saturated heterocycles. The molecule has 2 N–H and O–H groups in total. The van der Waals surface area contributed by atoms with Gasteiger partial charge in [-0.2, -0.15) is 8.78 Å². The zero-order valence-corrected chi connectivity index (χ0v) is 9.68. The lowest BCUT2D eigenvalue weighted by molar-refractivity contribution is -0.140. The molecule has 1 fully saturated rings. The second-order valence-electron chi connectivity index (χ2n) is 4.11. The SMILES string of the molecule is O=C1CC(c2ccccc2OC(F)F)C(C(=O)O)N1. The van der Waals surface area contributed by atoms with Gasteiger partial charge in [-0.1, -0.05) is 18.2 Å². The van der Waals surface area contributed by atoms with Gasteiger partial charge in [0.25, 0.3) is 0 Å². The first-order valence-electron chi connectivity index (χ1n) is 5.55. The number of rotatable bonds is 4. The first-order chi connectivity index (χ1) is 8.99. The highest BCUT2D eigenvalue weighted by atomic mass is 19.3.